The first-order valence-electron chi connectivity index (χ1n) is 12.1. The van der Waals surface area contributed by atoms with Crippen LogP contribution in [-0.4, -0.2) is 41.1 Å². The zero-order valence-corrected chi connectivity index (χ0v) is 21.7. The second-order valence-electron chi connectivity index (χ2n) is 8.99. The predicted octanol–water partition coefficient (Wildman–Crippen LogP) is 5.62. The molecule has 0 aromatic heterocycles. The number of ether oxygens (including phenoxy) is 1. The number of amides is 4. The van der Waals surface area contributed by atoms with Crippen LogP contribution < -0.4 is 15.0 Å². The molecule has 0 bridgehead atoms. The SMILES string of the molecule is CCc1ccc(N2C(=O)C3C4=C(CCCC4)SC3=[N+](CC(=O)Nc3ccc(OC)c(Cl)c3)C2=O)cc1. The van der Waals surface area contributed by atoms with Gasteiger partial charge in [-0.15, -0.1) is 4.90 Å². The van der Waals surface area contributed by atoms with E-state index in [1.54, 1.807) is 30.3 Å². The van der Waals surface area contributed by atoms with Crippen molar-refractivity contribution in [1.82, 2.24) is 0 Å². The van der Waals surface area contributed by atoms with Crippen LogP contribution >= 0.6 is 23.4 Å². The predicted molar refractivity (Wildman–Crippen MR) is 142 cm³/mol. The van der Waals surface area contributed by atoms with Gasteiger partial charge < -0.3 is 10.1 Å². The fraction of sp³-hybridized carbons (Fsp3) is 0.333. The van der Waals surface area contributed by atoms with E-state index >= 15 is 0 Å². The third-order valence-electron chi connectivity index (χ3n) is 6.78. The summed E-state index contributed by atoms with van der Waals surface area (Å²) in [6.07, 6.45) is 4.68. The maximum Gasteiger partial charge on any atom is 0.507 e. The van der Waals surface area contributed by atoms with Crippen LogP contribution in [0.15, 0.2) is 52.9 Å². The van der Waals surface area contributed by atoms with Gasteiger partial charge in [-0.25, -0.2) is 4.79 Å². The van der Waals surface area contributed by atoms with Gasteiger partial charge in [-0.1, -0.05) is 42.4 Å². The minimum atomic E-state index is -0.517. The Morgan fingerprint density at radius 3 is 2.61 bits per heavy atom. The van der Waals surface area contributed by atoms with E-state index in [2.05, 4.69) is 12.2 Å². The molecule has 36 heavy (non-hydrogen) atoms. The van der Waals surface area contributed by atoms with Gasteiger partial charge in [0.05, 0.1) is 12.1 Å². The molecule has 2 heterocycles. The van der Waals surface area contributed by atoms with Crippen molar-refractivity contribution in [3.8, 4) is 5.75 Å². The van der Waals surface area contributed by atoms with E-state index in [0.29, 0.717) is 27.2 Å². The lowest BCUT2D eigenvalue weighted by molar-refractivity contribution is -0.414. The third-order valence-corrected chi connectivity index (χ3v) is 8.45. The van der Waals surface area contributed by atoms with Crippen molar-refractivity contribution < 1.29 is 23.7 Å². The van der Waals surface area contributed by atoms with E-state index in [9.17, 15) is 14.4 Å². The van der Waals surface area contributed by atoms with E-state index in [0.717, 1.165) is 48.1 Å². The summed E-state index contributed by atoms with van der Waals surface area (Å²) >= 11 is 7.69. The fourth-order valence-corrected chi connectivity index (χ4v) is 6.63. The molecule has 4 amide bonds. The molecule has 1 N–H and O–H groups in total. The number of thioether (sulfide) groups is 1. The van der Waals surface area contributed by atoms with Gasteiger partial charge in [0.25, 0.3) is 5.91 Å². The first kappa shape index (κ1) is 24.6. The van der Waals surface area contributed by atoms with Crippen molar-refractivity contribution in [1.29, 1.82) is 0 Å². The summed E-state index contributed by atoms with van der Waals surface area (Å²) in [6, 6.07) is 11.9. The van der Waals surface area contributed by atoms with Crippen molar-refractivity contribution in [3.05, 3.63) is 63.5 Å². The fourth-order valence-electron chi connectivity index (χ4n) is 4.91. The van der Waals surface area contributed by atoms with Crippen LogP contribution in [0.3, 0.4) is 0 Å². The highest BCUT2D eigenvalue weighted by Crippen LogP contribution is 2.48. The van der Waals surface area contributed by atoms with E-state index in [1.807, 2.05) is 12.1 Å². The van der Waals surface area contributed by atoms with E-state index < -0.39 is 11.9 Å². The van der Waals surface area contributed by atoms with E-state index in [1.165, 1.54) is 28.3 Å². The molecule has 1 atom stereocenters. The molecule has 1 unspecified atom stereocenters. The summed E-state index contributed by atoms with van der Waals surface area (Å²) in [7, 11) is 1.52. The average Bonchev–Trinajstić information content (AvgIpc) is 3.27. The number of hydrogen-bond donors (Lipinski definition) is 1. The molecule has 7 nitrogen and oxygen atoms in total. The smallest absolute Gasteiger partial charge is 0.495 e. The molecule has 0 saturated carbocycles. The molecule has 0 spiro atoms. The lowest BCUT2D eigenvalue weighted by Crippen LogP contribution is -2.55. The van der Waals surface area contributed by atoms with Crippen molar-refractivity contribution in [2.45, 2.75) is 39.0 Å². The Labute approximate surface area is 219 Å². The first-order chi connectivity index (χ1) is 17.4. The zero-order valence-electron chi connectivity index (χ0n) is 20.2. The van der Waals surface area contributed by atoms with Crippen molar-refractivity contribution in [3.63, 3.8) is 0 Å². The quantitative estimate of drug-likeness (QED) is 0.496. The Morgan fingerprint density at radius 1 is 1.17 bits per heavy atom. The standard InChI is InChI=1S/C27H26ClN3O4S/c1-3-16-8-11-18(12-9-16)31-25(33)24-19-6-4-5-7-22(19)36-26(24)30(27(31)34)15-23(32)29-17-10-13-21(35-2)20(28)14-17/h8-14,24H,3-7,15H2,1-2H3/p+1. The van der Waals surface area contributed by atoms with Crippen molar-refractivity contribution in [2.24, 2.45) is 5.92 Å². The Bertz CT molecular complexity index is 1320. The van der Waals surface area contributed by atoms with Gasteiger partial charge in [0.2, 0.25) is 0 Å². The number of aryl methyl sites for hydroxylation is 1. The maximum absolute atomic E-state index is 13.7. The highest BCUT2D eigenvalue weighted by atomic mass is 35.5. The van der Waals surface area contributed by atoms with Crippen LogP contribution in [0.4, 0.5) is 16.2 Å². The number of fused-ring (bicyclic) bond motifs is 2. The number of anilines is 2. The lowest BCUT2D eigenvalue weighted by Gasteiger charge is -2.26. The summed E-state index contributed by atoms with van der Waals surface area (Å²) in [5.41, 5.74) is 3.23. The second-order valence-corrected chi connectivity index (χ2v) is 10.5. The largest absolute Gasteiger partial charge is 0.507 e. The molecular weight excluding hydrogens is 498 g/mol. The number of urea groups is 1. The molecule has 9 heteroatoms. The summed E-state index contributed by atoms with van der Waals surface area (Å²) in [5.74, 6) is -0.632. The number of carbonyl (C=O) groups is 3. The summed E-state index contributed by atoms with van der Waals surface area (Å²) in [4.78, 5) is 42.9. The second kappa shape index (κ2) is 10.1. The molecule has 186 valence electrons. The number of nitrogens with zero attached hydrogens (tertiary/aromatic N) is 2. The Morgan fingerprint density at radius 2 is 1.92 bits per heavy atom. The van der Waals surface area contributed by atoms with Gasteiger partial charge in [-0.2, -0.15) is 9.37 Å². The summed E-state index contributed by atoms with van der Waals surface area (Å²) < 4.78 is 6.63. The number of allylic oxidation sites excluding steroid dienone is 1. The van der Waals surface area contributed by atoms with Crippen LogP contribution in [0.1, 0.15) is 38.2 Å². The summed E-state index contributed by atoms with van der Waals surface area (Å²) in [6.45, 7) is 1.84. The van der Waals surface area contributed by atoms with E-state index in [-0.39, 0.29) is 18.4 Å². The molecule has 2 aliphatic heterocycles. The Balaban J connectivity index is 1.48. The molecule has 2 aromatic rings. The average molecular weight is 525 g/mol. The number of benzene rings is 2. The number of nitrogens with one attached hydrogen (secondary N) is 1. The molecule has 0 saturated heterocycles. The number of hydrogen-bond acceptors (Lipinski definition) is 5. The van der Waals surface area contributed by atoms with Crippen LogP contribution in [-0.2, 0) is 16.0 Å². The van der Waals surface area contributed by atoms with Gasteiger partial charge in [0, 0.05) is 5.69 Å². The summed E-state index contributed by atoms with van der Waals surface area (Å²) in [5, 5.41) is 3.82. The molecule has 0 radical (unpaired) electrons. The molecular formula is C27H27ClN3O4S+. The highest BCUT2D eigenvalue weighted by Gasteiger charge is 2.54. The molecule has 0 fully saturated rings. The van der Waals surface area contributed by atoms with Gasteiger partial charge in [0.15, 0.2) is 17.5 Å². The molecule has 1 aliphatic carbocycles. The normalized spacial score (nSPS) is 19.4. The minimum absolute atomic E-state index is 0.210. The number of halogens is 1. The van der Waals surface area contributed by atoms with Crippen molar-refractivity contribution >= 4 is 57.6 Å². The van der Waals surface area contributed by atoms with Crippen molar-refractivity contribution in [2.75, 3.05) is 23.9 Å². The lowest BCUT2D eigenvalue weighted by atomic mass is 9.88. The van der Waals surface area contributed by atoms with Crippen LogP contribution in [0, 0.1) is 5.92 Å². The number of carbonyl (C=O) groups excluding carboxylic acids is 3. The zero-order chi connectivity index (χ0) is 25.4. The van der Waals surface area contributed by atoms with Gasteiger partial charge in [0.1, 0.15) is 11.4 Å². The third kappa shape index (κ3) is 4.44. The highest BCUT2D eigenvalue weighted by molar-refractivity contribution is 8.17. The number of imide groups is 1. The first-order valence-corrected chi connectivity index (χ1v) is 13.2. The van der Waals surface area contributed by atoms with Crippen LogP contribution in [0.25, 0.3) is 0 Å². The van der Waals surface area contributed by atoms with Crippen LogP contribution in [0.2, 0.25) is 5.02 Å². The Kier molecular flexibility index (Phi) is 6.90. The molecule has 5 rings (SSSR count). The number of methoxy groups -OCH3 is 1. The van der Waals surface area contributed by atoms with Gasteiger partial charge >= 0.3 is 11.9 Å². The van der Waals surface area contributed by atoms with Gasteiger partial charge in [-0.05, 0) is 78.5 Å². The maximum atomic E-state index is 13.7. The van der Waals surface area contributed by atoms with Crippen LogP contribution in [0.5, 0.6) is 5.75 Å². The minimum Gasteiger partial charge on any atom is -0.495 e. The molecule has 3 aliphatic rings. The topological polar surface area (TPSA) is 78.7 Å². The monoisotopic (exact) mass is 524 g/mol. The van der Waals surface area contributed by atoms with E-state index in [4.69, 9.17) is 16.3 Å². The van der Waals surface area contributed by atoms with Gasteiger partial charge in [-0.3, -0.25) is 4.79 Å². The Hall–Kier alpha value is -3.10. The molecule has 2 aromatic carbocycles. The number of rotatable bonds is 6.